The van der Waals surface area contributed by atoms with Gasteiger partial charge in [-0.15, -0.1) is 0 Å². The Balaban J connectivity index is 1.51. The highest BCUT2D eigenvalue weighted by Crippen LogP contribution is 2.20. The van der Waals surface area contributed by atoms with Gasteiger partial charge in [-0.2, -0.15) is 0 Å². The number of esters is 2. The first-order valence-electron chi connectivity index (χ1n) is 10.2. The maximum absolute atomic E-state index is 12.4. The minimum absolute atomic E-state index is 0.139. The van der Waals surface area contributed by atoms with Gasteiger partial charge in [-0.1, -0.05) is 18.2 Å². The first-order valence-corrected chi connectivity index (χ1v) is 10.2. The summed E-state index contributed by atoms with van der Waals surface area (Å²) < 4.78 is 10.3. The molecule has 1 amide bonds. The van der Waals surface area contributed by atoms with E-state index in [0.29, 0.717) is 29.8 Å². The summed E-state index contributed by atoms with van der Waals surface area (Å²) in [4.78, 5) is 42.8. The second kappa shape index (κ2) is 9.51. The summed E-state index contributed by atoms with van der Waals surface area (Å²) in [5.41, 5.74) is 3.55. The van der Waals surface area contributed by atoms with Crippen molar-refractivity contribution in [1.29, 1.82) is 0 Å². The number of aromatic amines is 2. The van der Waals surface area contributed by atoms with Gasteiger partial charge in [-0.25, -0.2) is 9.59 Å². The van der Waals surface area contributed by atoms with Crippen LogP contribution in [-0.4, -0.2) is 47.1 Å². The Kier molecular flexibility index (Phi) is 6.79. The Morgan fingerprint density at radius 1 is 1.10 bits per heavy atom. The number of para-hydroxylation sites is 1. The smallest absolute Gasteiger partial charge is 0.355 e. The third-order valence-electron chi connectivity index (χ3n) is 4.91. The highest BCUT2D eigenvalue weighted by atomic mass is 16.5. The largest absolute Gasteiger partial charge is 0.459 e. The number of ether oxygens (including phenoxy) is 2. The zero-order valence-corrected chi connectivity index (χ0v) is 18.1. The van der Waals surface area contributed by atoms with E-state index < -0.39 is 24.5 Å². The Bertz CT molecular complexity index is 1110. The van der Waals surface area contributed by atoms with Gasteiger partial charge in [-0.3, -0.25) is 4.79 Å². The molecule has 0 aliphatic rings. The van der Waals surface area contributed by atoms with E-state index in [4.69, 9.17) is 9.47 Å². The van der Waals surface area contributed by atoms with Crippen LogP contribution in [0.15, 0.2) is 30.5 Å². The van der Waals surface area contributed by atoms with E-state index in [1.807, 2.05) is 30.5 Å². The Morgan fingerprint density at radius 3 is 2.58 bits per heavy atom. The molecule has 2 aromatic heterocycles. The maximum atomic E-state index is 12.4. The monoisotopic (exact) mass is 425 g/mol. The average molecular weight is 425 g/mol. The number of aromatic nitrogens is 2. The SMILES string of the molecule is Cc1[nH]c(C(=O)OCC(=O)NCCc2c[nH]c3ccccc23)c(C)c1C(=O)OC(C)C. The number of nitrogens with one attached hydrogen (secondary N) is 3. The molecule has 0 aliphatic carbocycles. The second-order valence-corrected chi connectivity index (χ2v) is 7.61. The van der Waals surface area contributed by atoms with Crippen molar-refractivity contribution in [1.82, 2.24) is 15.3 Å². The lowest BCUT2D eigenvalue weighted by molar-refractivity contribution is -0.124. The molecule has 0 saturated heterocycles. The molecule has 0 saturated carbocycles. The number of amides is 1. The number of hydrogen-bond donors (Lipinski definition) is 3. The van der Waals surface area contributed by atoms with Crippen molar-refractivity contribution in [3.63, 3.8) is 0 Å². The molecule has 164 valence electrons. The summed E-state index contributed by atoms with van der Waals surface area (Å²) in [6, 6.07) is 7.95. The molecule has 0 atom stereocenters. The Morgan fingerprint density at radius 2 is 1.84 bits per heavy atom. The van der Waals surface area contributed by atoms with Crippen LogP contribution in [0.1, 0.15) is 51.5 Å². The highest BCUT2D eigenvalue weighted by molar-refractivity contribution is 5.99. The summed E-state index contributed by atoms with van der Waals surface area (Å²) in [5.74, 6) is -1.60. The molecule has 3 rings (SSSR count). The molecule has 8 nitrogen and oxygen atoms in total. The van der Waals surface area contributed by atoms with Crippen molar-refractivity contribution in [3.8, 4) is 0 Å². The zero-order valence-electron chi connectivity index (χ0n) is 18.1. The lowest BCUT2D eigenvalue weighted by Gasteiger charge is -2.08. The lowest BCUT2D eigenvalue weighted by atomic mass is 10.1. The number of hydrogen-bond acceptors (Lipinski definition) is 5. The summed E-state index contributed by atoms with van der Waals surface area (Å²) in [6.45, 7) is 6.83. The summed E-state index contributed by atoms with van der Waals surface area (Å²) in [5, 5.41) is 3.87. The number of fused-ring (bicyclic) bond motifs is 1. The third-order valence-corrected chi connectivity index (χ3v) is 4.91. The van der Waals surface area contributed by atoms with Crippen LogP contribution in [0, 0.1) is 13.8 Å². The molecule has 0 fully saturated rings. The van der Waals surface area contributed by atoms with Crippen LogP contribution in [-0.2, 0) is 20.7 Å². The van der Waals surface area contributed by atoms with Gasteiger partial charge in [0.1, 0.15) is 5.69 Å². The fraction of sp³-hybridized carbons (Fsp3) is 0.348. The van der Waals surface area contributed by atoms with Crippen LogP contribution < -0.4 is 5.32 Å². The molecule has 31 heavy (non-hydrogen) atoms. The molecule has 0 radical (unpaired) electrons. The highest BCUT2D eigenvalue weighted by Gasteiger charge is 2.24. The lowest BCUT2D eigenvalue weighted by Crippen LogP contribution is -2.30. The molecular weight excluding hydrogens is 398 g/mol. The van der Waals surface area contributed by atoms with Gasteiger partial charge >= 0.3 is 11.9 Å². The molecule has 0 unspecified atom stereocenters. The molecule has 8 heteroatoms. The van der Waals surface area contributed by atoms with Gasteiger partial charge in [0, 0.05) is 29.3 Å². The normalized spacial score (nSPS) is 11.0. The van der Waals surface area contributed by atoms with E-state index in [2.05, 4.69) is 15.3 Å². The quantitative estimate of drug-likeness (QED) is 0.480. The Labute approximate surface area is 180 Å². The molecule has 0 bridgehead atoms. The van der Waals surface area contributed by atoms with Crippen LogP contribution in [0.2, 0.25) is 0 Å². The molecule has 3 aromatic rings. The van der Waals surface area contributed by atoms with Gasteiger partial charge in [0.25, 0.3) is 5.91 Å². The van der Waals surface area contributed by atoms with Crippen molar-refractivity contribution in [2.24, 2.45) is 0 Å². The van der Waals surface area contributed by atoms with E-state index in [9.17, 15) is 14.4 Å². The predicted octanol–water partition coefficient (Wildman–Crippen LogP) is 3.19. The first kappa shape index (κ1) is 22.1. The maximum Gasteiger partial charge on any atom is 0.355 e. The molecule has 0 spiro atoms. The number of aryl methyl sites for hydroxylation is 1. The topological polar surface area (TPSA) is 113 Å². The average Bonchev–Trinajstić information content (AvgIpc) is 3.26. The van der Waals surface area contributed by atoms with Crippen molar-refractivity contribution >= 4 is 28.7 Å². The van der Waals surface area contributed by atoms with Crippen LogP contribution in [0.5, 0.6) is 0 Å². The van der Waals surface area contributed by atoms with E-state index in [0.717, 1.165) is 16.5 Å². The number of rotatable bonds is 8. The number of benzene rings is 1. The fourth-order valence-corrected chi connectivity index (χ4v) is 3.46. The molecule has 2 heterocycles. The van der Waals surface area contributed by atoms with Crippen molar-refractivity contribution in [2.75, 3.05) is 13.2 Å². The number of carbonyl (C=O) groups is 3. The van der Waals surface area contributed by atoms with Crippen LogP contribution >= 0.6 is 0 Å². The molecule has 1 aromatic carbocycles. The number of H-pyrrole nitrogens is 2. The van der Waals surface area contributed by atoms with Crippen LogP contribution in [0.25, 0.3) is 10.9 Å². The van der Waals surface area contributed by atoms with E-state index in [1.54, 1.807) is 27.7 Å². The number of carbonyl (C=O) groups excluding carboxylic acids is 3. The third kappa shape index (κ3) is 5.14. The molecule has 0 aliphatic heterocycles. The van der Waals surface area contributed by atoms with Crippen LogP contribution in [0.4, 0.5) is 0 Å². The Hall–Kier alpha value is -3.55. The van der Waals surface area contributed by atoms with Crippen molar-refractivity contribution < 1.29 is 23.9 Å². The minimum Gasteiger partial charge on any atom is -0.459 e. The first-order chi connectivity index (χ1) is 14.8. The fourth-order valence-electron chi connectivity index (χ4n) is 3.46. The summed E-state index contributed by atoms with van der Waals surface area (Å²) >= 11 is 0. The molecule has 3 N–H and O–H groups in total. The van der Waals surface area contributed by atoms with Gasteiger partial charge < -0.3 is 24.8 Å². The summed E-state index contributed by atoms with van der Waals surface area (Å²) in [7, 11) is 0. The van der Waals surface area contributed by atoms with Crippen molar-refractivity contribution in [3.05, 3.63) is 58.5 Å². The van der Waals surface area contributed by atoms with Gasteiger partial charge in [0.05, 0.1) is 11.7 Å². The zero-order chi connectivity index (χ0) is 22.5. The van der Waals surface area contributed by atoms with Gasteiger partial charge in [0.2, 0.25) is 0 Å². The van der Waals surface area contributed by atoms with Crippen LogP contribution in [0.3, 0.4) is 0 Å². The minimum atomic E-state index is -0.698. The summed E-state index contributed by atoms with van der Waals surface area (Å²) in [6.07, 6.45) is 2.30. The van der Waals surface area contributed by atoms with E-state index in [-0.39, 0.29) is 11.8 Å². The van der Waals surface area contributed by atoms with Crippen molar-refractivity contribution in [2.45, 2.75) is 40.2 Å². The van der Waals surface area contributed by atoms with E-state index >= 15 is 0 Å². The second-order valence-electron chi connectivity index (χ2n) is 7.61. The van der Waals surface area contributed by atoms with Gasteiger partial charge in [-0.05, 0) is 51.3 Å². The molecular formula is C23H27N3O5. The van der Waals surface area contributed by atoms with E-state index in [1.165, 1.54) is 0 Å². The van der Waals surface area contributed by atoms with Gasteiger partial charge in [0.15, 0.2) is 6.61 Å². The standard InChI is InChI=1S/C23H27N3O5/c1-13(2)31-22(28)20-14(3)21(26-15(20)4)23(29)30-12-19(27)24-10-9-16-11-25-18-8-6-5-7-17(16)18/h5-8,11,13,25-26H,9-10,12H2,1-4H3,(H,24,27). The predicted molar refractivity (Wildman–Crippen MR) is 116 cm³/mol.